The molecule has 11 heteroatoms. The molecule has 0 aliphatic carbocycles. The Hall–Kier alpha value is -4.15. The zero-order valence-electron chi connectivity index (χ0n) is 19.6. The molecule has 1 aliphatic rings. The van der Waals surface area contributed by atoms with Crippen molar-refractivity contribution < 1.29 is 22.7 Å². The first-order valence-corrected chi connectivity index (χ1v) is 11.3. The van der Waals surface area contributed by atoms with Crippen molar-refractivity contribution in [2.24, 2.45) is 0 Å². The maximum absolute atomic E-state index is 13.0. The van der Waals surface area contributed by atoms with Gasteiger partial charge in [-0.2, -0.15) is 18.3 Å². The molecule has 1 fully saturated rings. The van der Waals surface area contributed by atoms with Gasteiger partial charge in [-0.3, -0.25) is 9.78 Å². The van der Waals surface area contributed by atoms with Crippen LogP contribution in [0.2, 0.25) is 0 Å². The highest BCUT2D eigenvalue weighted by atomic mass is 19.4. The summed E-state index contributed by atoms with van der Waals surface area (Å²) in [6.45, 7) is 3.50. The predicted octanol–water partition coefficient (Wildman–Crippen LogP) is 4.71. The number of nitrogens with one attached hydrogen (secondary N) is 1. The number of nitrogens with zero attached hydrogens (tertiary/aromatic N) is 5. The number of fused-ring (bicyclic) bond motifs is 1. The zero-order chi connectivity index (χ0) is 25.4. The number of aromatic nitrogens is 4. The van der Waals surface area contributed by atoms with Crippen molar-refractivity contribution in [2.45, 2.75) is 25.4 Å². The van der Waals surface area contributed by atoms with Gasteiger partial charge < -0.3 is 15.0 Å². The molecule has 0 unspecified atom stereocenters. The molecule has 0 radical (unpaired) electrons. The first-order valence-electron chi connectivity index (χ1n) is 11.3. The van der Waals surface area contributed by atoms with Gasteiger partial charge in [0.25, 0.3) is 5.91 Å². The summed E-state index contributed by atoms with van der Waals surface area (Å²) in [5, 5.41) is 6.92. The topological polar surface area (TPSA) is 84.6 Å². The number of aryl methyl sites for hydroxylation is 1. The second kappa shape index (κ2) is 9.14. The summed E-state index contributed by atoms with van der Waals surface area (Å²) in [5.74, 6) is 0.289. The van der Waals surface area contributed by atoms with Gasteiger partial charge in [-0.25, -0.2) is 9.50 Å². The fraction of sp³-hybridized carbons (Fsp3) is 0.280. The number of carbonyl (C=O) groups excluding carboxylic acids is 1. The molecule has 8 nitrogen and oxygen atoms in total. The molecule has 1 aliphatic heterocycles. The average molecular weight is 496 g/mol. The van der Waals surface area contributed by atoms with Crippen LogP contribution in [0.15, 0.2) is 55.2 Å². The molecule has 36 heavy (non-hydrogen) atoms. The Kier molecular flexibility index (Phi) is 5.99. The van der Waals surface area contributed by atoms with Crippen LogP contribution in [-0.2, 0) is 6.18 Å². The van der Waals surface area contributed by atoms with Crippen molar-refractivity contribution in [2.75, 3.05) is 30.4 Å². The van der Waals surface area contributed by atoms with Gasteiger partial charge in [0.2, 0.25) is 0 Å². The predicted molar refractivity (Wildman–Crippen MR) is 127 cm³/mol. The van der Waals surface area contributed by atoms with Crippen molar-refractivity contribution in [3.63, 3.8) is 0 Å². The summed E-state index contributed by atoms with van der Waals surface area (Å²) in [5.41, 5.74) is 3.16. The van der Waals surface area contributed by atoms with E-state index in [0.717, 1.165) is 54.2 Å². The van der Waals surface area contributed by atoms with Crippen LogP contribution in [0.5, 0.6) is 5.75 Å². The third-order valence-electron chi connectivity index (χ3n) is 6.38. The Morgan fingerprint density at radius 3 is 2.78 bits per heavy atom. The number of halogens is 3. The van der Waals surface area contributed by atoms with E-state index in [2.05, 4.69) is 25.3 Å². The normalized spacial score (nSPS) is 15.9. The van der Waals surface area contributed by atoms with Gasteiger partial charge in [-0.05, 0) is 42.7 Å². The van der Waals surface area contributed by atoms with Crippen molar-refractivity contribution in [3.8, 4) is 5.75 Å². The standard InChI is InChI=1S/C25H23F3N6O2/c1-15-3-4-16(24(35)32-19-8-18(9-29-10-19)25(26,27)28)7-21(15)17-5-6-33(13-17)22-12-31-34-14-20(36-2)11-30-23(22)34/h3-4,7-12,14,17H,5-6,13H2,1-2H3,(H,32,35)/t17-/m1/s1. The fourth-order valence-corrected chi connectivity index (χ4v) is 4.49. The smallest absolute Gasteiger partial charge is 0.417 e. The molecule has 1 N–H and O–H groups in total. The van der Waals surface area contributed by atoms with E-state index >= 15 is 0 Å². The maximum atomic E-state index is 13.0. The SMILES string of the molecule is COc1cnc2c(N3CC[C@@H](c4cc(C(=O)Nc5cncc(C(F)(F)F)c5)ccc4C)C3)cnn2c1. The summed E-state index contributed by atoms with van der Waals surface area (Å²) in [7, 11) is 1.57. The lowest BCUT2D eigenvalue weighted by molar-refractivity contribution is -0.137. The van der Waals surface area contributed by atoms with Crippen molar-refractivity contribution in [3.05, 3.63) is 77.5 Å². The van der Waals surface area contributed by atoms with Crippen molar-refractivity contribution in [1.29, 1.82) is 0 Å². The number of pyridine rings is 1. The lowest BCUT2D eigenvalue weighted by Crippen LogP contribution is -2.19. The third-order valence-corrected chi connectivity index (χ3v) is 6.38. The number of benzene rings is 1. The maximum Gasteiger partial charge on any atom is 0.417 e. The first-order chi connectivity index (χ1) is 17.2. The highest BCUT2D eigenvalue weighted by molar-refractivity contribution is 6.04. The monoisotopic (exact) mass is 496 g/mol. The largest absolute Gasteiger partial charge is 0.494 e. The van der Waals surface area contributed by atoms with Gasteiger partial charge in [0.1, 0.15) is 5.69 Å². The summed E-state index contributed by atoms with van der Waals surface area (Å²) < 4.78 is 45.8. The van der Waals surface area contributed by atoms with Crippen LogP contribution in [0.4, 0.5) is 24.5 Å². The number of carbonyl (C=O) groups is 1. The summed E-state index contributed by atoms with van der Waals surface area (Å²) >= 11 is 0. The van der Waals surface area contributed by atoms with E-state index in [1.165, 1.54) is 6.20 Å². The lowest BCUT2D eigenvalue weighted by Gasteiger charge is -2.18. The molecule has 0 bridgehead atoms. The van der Waals surface area contributed by atoms with E-state index in [0.29, 0.717) is 11.3 Å². The Morgan fingerprint density at radius 2 is 2.00 bits per heavy atom. The molecule has 0 saturated carbocycles. The molecular formula is C25H23F3N6O2. The van der Waals surface area contributed by atoms with Crippen LogP contribution in [0, 0.1) is 6.92 Å². The van der Waals surface area contributed by atoms with E-state index in [1.807, 2.05) is 19.1 Å². The average Bonchev–Trinajstić information content (AvgIpc) is 3.50. The second-order valence-electron chi connectivity index (χ2n) is 8.71. The number of alkyl halides is 3. The Labute approximate surface area is 204 Å². The molecule has 186 valence electrons. The summed E-state index contributed by atoms with van der Waals surface area (Å²) in [6.07, 6.45) is 3.45. The van der Waals surface area contributed by atoms with E-state index < -0.39 is 17.6 Å². The van der Waals surface area contributed by atoms with E-state index in [9.17, 15) is 18.0 Å². The minimum atomic E-state index is -4.54. The molecule has 1 amide bonds. The molecular weight excluding hydrogens is 473 g/mol. The number of methoxy groups -OCH3 is 1. The van der Waals surface area contributed by atoms with Gasteiger partial charge in [0.05, 0.1) is 43.1 Å². The zero-order valence-corrected chi connectivity index (χ0v) is 19.6. The molecule has 1 atom stereocenters. The van der Waals surface area contributed by atoms with Crippen LogP contribution < -0.4 is 15.0 Å². The van der Waals surface area contributed by atoms with Crippen molar-refractivity contribution >= 4 is 22.9 Å². The van der Waals surface area contributed by atoms with Gasteiger partial charge in [0, 0.05) is 30.8 Å². The molecule has 4 heterocycles. The second-order valence-corrected chi connectivity index (χ2v) is 8.71. The molecule has 1 aromatic carbocycles. The Morgan fingerprint density at radius 1 is 1.17 bits per heavy atom. The van der Waals surface area contributed by atoms with Crippen LogP contribution in [0.3, 0.4) is 0 Å². The van der Waals surface area contributed by atoms with E-state index in [4.69, 9.17) is 4.74 Å². The minimum absolute atomic E-state index is 0.0128. The summed E-state index contributed by atoms with van der Waals surface area (Å²) in [6, 6.07) is 6.22. The third kappa shape index (κ3) is 4.56. The number of rotatable bonds is 5. The molecule has 3 aromatic heterocycles. The van der Waals surface area contributed by atoms with Gasteiger partial charge in [-0.15, -0.1) is 0 Å². The van der Waals surface area contributed by atoms with Crippen LogP contribution in [-0.4, -0.2) is 45.7 Å². The number of hydrogen-bond donors (Lipinski definition) is 1. The fourth-order valence-electron chi connectivity index (χ4n) is 4.49. The number of amides is 1. The van der Waals surface area contributed by atoms with Crippen LogP contribution in [0.1, 0.15) is 39.4 Å². The van der Waals surface area contributed by atoms with Crippen molar-refractivity contribution in [1.82, 2.24) is 19.6 Å². The number of ether oxygens (including phenoxy) is 1. The molecule has 1 saturated heterocycles. The first kappa shape index (κ1) is 23.6. The Bertz CT molecular complexity index is 1440. The highest BCUT2D eigenvalue weighted by Crippen LogP contribution is 2.35. The van der Waals surface area contributed by atoms with Gasteiger partial charge >= 0.3 is 6.18 Å². The number of anilines is 2. The summed E-state index contributed by atoms with van der Waals surface area (Å²) in [4.78, 5) is 23.1. The molecule has 0 spiro atoms. The van der Waals surface area contributed by atoms with Crippen LogP contribution in [0.25, 0.3) is 5.65 Å². The van der Waals surface area contributed by atoms with Gasteiger partial charge in [-0.1, -0.05) is 6.07 Å². The number of hydrogen-bond acceptors (Lipinski definition) is 6. The van der Waals surface area contributed by atoms with Crippen LogP contribution >= 0.6 is 0 Å². The lowest BCUT2D eigenvalue weighted by atomic mass is 9.92. The molecule has 5 rings (SSSR count). The Balaban J connectivity index is 1.34. The molecule has 4 aromatic rings. The van der Waals surface area contributed by atoms with E-state index in [-0.39, 0.29) is 11.6 Å². The minimum Gasteiger partial charge on any atom is -0.494 e. The highest BCUT2D eigenvalue weighted by Gasteiger charge is 2.31. The van der Waals surface area contributed by atoms with E-state index in [1.54, 1.807) is 36.3 Å². The quantitative estimate of drug-likeness (QED) is 0.431. The van der Waals surface area contributed by atoms with Gasteiger partial charge in [0.15, 0.2) is 11.4 Å².